The number of aliphatic hydroxyl groups excluding tert-OH is 1. The Labute approximate surface area is 89.5 Å². The number of ether oxygens (including phenoxy) is 1. The second-order valence-corrected chi connectivity index (χ2v) is 3.62. The maximum Gasteiger partial charge on any atom is 0.0908 e. The van der Waals surface area contributed by atoms with Gasteiger partial charge in [-0.05, 0) is 12.5 Å². The average Bonchev–Trinajstić information content (AvgIpc) is 2.21. The maximum atomic E-state index is 9.12. The summed E-state index contributed by atoms with van der Waals surface area (Å²) < 4.78 is 5.28. The van der Waals surface area contributed by atoms with Gasteiger partial charge in [0.2, 0.25) is 0 Å². The highest BCUT2D eigenvalue weighted by atomic mass is 35.5. The third-order valence-corrected chi connectivity index (χ3v) is 2.23. The third kappa shape index (κ3) is 4.09. The zero-order valence-corrected chi connectivity index (χ0v) is 9.00. The molecule has 1 rings (SSSR count). The predicted octanol–water partition coefficient (Wildman–Crippen LogP) is 2.11. The molecule has 14 heavy (non-hydrogen) atoms. The molecule has 0 saturated carbocycles. The van der Waals surface area contributed by atoms with Gasteiger partial charge in [-0.3, -0.25) is 0 Å². The Morgan fingerprint density at radius 1 is 1.36 bits per heavy atom. The van der Waals surface area contributed by atoms with Crippen LogP contribution in [0, 0.1) is 6.92 Å². The number of aliphatic hydroxyl groups is 1. The van der Waals surface area contributed by atoms with Crippen LogP contribution in [0.1, 0.15) is 11.1 Å². The fourth-order valence-electron chi connectivity index (χ4n) is 1.04. The summed E-state index contributed by atoms with van der Waals surface area (Å²) in [5, 5.41) is 9.12. The van der Waals surface area contributed by atoms with Crippen molar-refractivity contribution in [3.05, 3.63) is 35.4 Å². The Bertz CT molecular complexity index is 258. The van der Waals surface area contributed by atoms with E-state index >= 15 is 0 Å². The summed E-state index contributed by atoms with van der Waals surface area (Å²) in [6.45, 7) is 2.85. The largest absolute Gasteiger partial charge is 0.389 e. The minimum atomic E-state index is -0.567. The summed E-state index contributed by atoms with van der Waals surface area (Å²) in [4.78, 5) is 0. The van der Waals surface area contributed by atoms with Gasteiger partial charge in [-0.2, -0.15) is 0 Å². The van der Waals surface area contributed by atoms with E-state index in [1.165, 1.54) is 5.56 Å². The van der Waals surface area contributed by atoms with Crippen molar-refractivity contribution in [2.75, 3.05) is 12.5 Å². The van der Waals surface area contributed by atoms with Crippen LogP contribution in [-0.4, -0.2) is 23.7 Å². The normalized spacial score (nSPS) is 12.8. The number of benzene rings is 1. The monoisotopic (exact) mass is 214 g/mol. The molecule has 1 aromatic rings. The van der Waals surface area contributed by atoms with Gasteiger partial charge in [0.05, 0.1) is 25.2 Å². The van der Waals surface area contributed by atoms with Gasteiger partial charge in [-0.1, -0.05) is 29.8 Å². The molecule has 0 aromatic heterocycles. The molecule has 2 nitrogen and oxygen atoms in total. The first-order valence-corrected chi connectivity index (χ1v) is 5.13. The predicted molar refractivity (Wildman–Crippen MR) is 57.6 cm³/mol. The standard InChI is InChI=1S/C11H15ClO2/c1-9-2-4-10(5-3-9)7-14-8-11(13)6-12/h2-5,11,13H,6-8H2,1H3/t11-/m1/s1. The Kier molecular flexibility index (Phi) is 4.94. The van der Waals surface area contributed by atoms with Crippen molar-refractivity contribution in [3.63, 3.8) is 0 Å². The molecule has 0 saturated heterocycles. The molecule has 1 atom stereocenters. The molecular formula is C11H15ClO2. The van der Waals surface area contributed by atoms with Crippen molar-refractivity contribution in [2.24, 2.45) is 0 Å². The topological polar surface area (TPSA) is 29.5 Å². The van der Waals surface area contributed by atoms with E-state index in [-0.39, 0.29) is 12.5 Å². The lowest BCUT2D eigenvalue weighted by Gasteiger charge is -2.07. The Morgan fingerprint density at radius 3 is 2.57 bits per heavy atom. The number of aryl methyl sites for hydroxylation is 1. The van der Waals surface area contributed by atoms with E-state index in [1.54, 1.807) is 0 Å². The lowest BCUT2D eigenvalue weighted by Crippen LogP contribution is -2.16. The summed E-state index contributed by atoms with van der Waals surface area (Å²) in [6, 6.07) is 8.11. The number of hydrogen-bond donors (Lipinski definition) is 1. The molecule has 0 bridgehead atoms. The lowest BCUT2D eigenvalue weighted by atomic mass is 10.2. The summed E-state index contributed by atoms with van der Waals surface area (Å²) in [5.74, 6) is 0.216. The van der Waals surface area contributed by atoms with Crippen molar-refractivity contribution >= 4 is 11.6 Å². The van der Waals surface area contributed by atoms with Gasteiger partial charge in [-0.25, -0.2) is 0 Å². The summed E-state index contributed by atoms with van der Waals surface area (Å²) in [7, 11) is 0. The van der Waals surface area contributed by atoms with Crippen molar-refractivity contribution in [1.29, 1.82) is 0 Å². The minimum Gasteiger partial charge on any atom is -0.389 e. The Balaban J connectivity index is 2.28. The van der Waals surface area contributed by atoms with Crippen molar-refractivity contribution < 1.29 is 9.84 Å². The van der Waals surface area contributed by atoms with E-state index in [0.29, 0.717) is 6.61 Å². The second-order valence-electron chi connectivity index (χ2n) is 3.31. The first-order valence-electron chi connectivity index (χ1n) is 4.59. The molecule has 0 amide bonds. The van der Waals surface area contributed by atoms with E-state index in [2.05, 4.69) is 0 Å². The molecule has 0 aliphatic rings. The van der Waals surface area contributed by atoms with Crippen molar-refractivity contribution in [1.82, 2.24) is 0 Å². The Hall–Kier alpha value is -0.570. The van der Waals surface area contributed by atoms with Gasteiger partial charge in [0.15, 0.2) is 0 Å². The fraction of sp³-hybridized carbons (Fsp3) is 0.455. The molecule has 3 heteroatoms. The van der Waals surface area contributed by atoms with Crippen LogP contribution >= 0.6 is 11.6 Å². The molecule has 1 aromatic carbocycles. The van der Waals surface area contributed by atoms with E-state index in [9.17, 15) is 0 Å². The summed E-state index contributed by atoms with van der Waals surface area (Å²) in [5.41, 5.74) is 2.34. The van der Waals surface area contributed by atoms with E-state index < -0.39 is 6.10 Å². The Morgan fingerprint density at radius 2 is 2.00 bits per heavy atom. The van der Waals surface area contributed by atoms with Gasteiger partial charge in [0.1, 0.15) is 0 Å². The summed E-state index contributed by atoms with van der Waals surface area (Å²) in [6.07, 6.45) is -0.567. The van der Waals surface area contributed by atoms with E-state index in [0.717, 1.165) is 5.56 Å². The fourth-order valence-corrected chi connectivity index (χ4v) is 1.13. The highest BCUT2D eigenvalue weighted by Gasteiger charge is 2.01. The molecule has 0 heterocycles. The molecule has 78 valence electrons. The number of rotatable bonds is 5. The van der Waals surface area contributed by atoms with Crippen molar-refractivity contribution in [2.45, 2.75) is 19.6 Å². The molecule has 1 N–H and O–H groups in total. The van der Waals surface area contributed by atoms with Crippen molar-refractivity contribution in [3.8, 4) is 0 Å². The zero-order valence-electron chi connectivity index (χ0n) is 8.24. The van der Waals surface area contributed by atoms with Crippen LogP contribution in [0.5, 0.6) is 0 Å². The van der Waals surface area contributed by atoms with E-state index in [1.807, 2.05) is 31.2 Å². The number of hydrogen-bond acceptors (Lipinski definition) is 2. The smallest absolute Gasteiger partial charge is 0.0908 e. The van der Waals surface area contributed by atoms with Crippen LogP contribution < -0.4 is 0 Å². The maximum absolute atomic E-state index is 9.12. The molecule has 0 aliphatic heterocycles. The minimum absolute atomic E-state index is 0.216. The number of halogens is 1. The summed E-state index contributed by atoms with van der Waals surface area (Å²) >= 11 is 5.42. The quantitative estimate of drug-likeness (QED) is 0.761. The average molecular weight is 215 g/mol. The highest BCUT2D eigenvalue weighted by molar-refractivity contribution is 6.18. The molecular weight excluding hydrogens is 200 g/mol. The molecule has 0 unspecified atom stereocenters. The third-order valence-electron chi connectivity index (χ3n) is 1.88. The van der Waals surface area contributed by atoms with Crippen LogP contribution in [0.25, 0.3) is 0 Å². The first kappa shape index (κ1) is 11.5. The second kappa shape index (κ2) is 6.02. The lowest BCUT2D eigenvalue weighted by molar-refractivity contribution is 0.0392. The SMILES string of the molecule is Cc1ccc(COC[C@H](O)CCl)cc1. The van der Waals surface area contributed by atoms with Gasteiger partial charge in [0.25, 0.3) is 0 Å². The zero-order chi connectivity index (χ0) is 10.4. The van der Waals surface area contributed by atoms with Gasteiger partial charge >= 0.3 is 0 Å². The first-order chi connectivity index (χ1) is 6.72. The van der Waals surface area contributed by atoms with Gasteiger partial charge in [-0.15, -0.1) is 11.6 Å². The molecule has 0 radical (unpaired) electrons. The van der Waals surface area contributed by atoms with E-state index in [4.69, 9.17) is 21.4 Å². The van der Waals surface area contributed by atoms with Crippen LogP contribution in [0.2, 0.25) is 0 Å². The van der Waals surface area contributed by atoms with Crippen LogP contribution in [0.15, 0.2) is 24.3 Å². The van der Waals surface area contributed by atoms with Crippen LogP contribution in [0.3, 0.4) is 0 Å². The van der Waals surface area contributed by atoms with Crippen LogP contribution in [0.4, 0.5) is 0 Å². The number of alkyl halides is 1. The molecule has 0 spiro atoms. The van der Waals surface area contributed by atoms with Gasteiger partial charge in [0, 0.05) is 0 Å². The molecule has 0 fully saturated rings. The highest BCUT2D eigenvalue weighted by Crippen LogP contribution is 2.04. The van der Waals surface area contributed by atoms with Gasteiger partial charge < -0.3 is 9.84 Å². The molecule has 0 aliphatic carbocycles. The van der Waals surface area contributed by atoms with Crippen LogP contribution in [-0.2, 0) is 11.3 Å².